The minimum atomic E-state index is -0.970. The van der Waals surface area contributed by atoms with Gasteiger partial charge in [-0.2, -0.15) is 4.98 Å². The first-order valence-corrected chi connectivity index (χ1v) is 12.7. The summed E-state index contributed by atoms with van der Waals surface area (Å²) in [7, 11) is 4.10. The summed E-state index contributed by atoms with van der Waals surface area (Å²) in [4.78, 5) is 24.7. The largest absolute Gasteiger partial charge is 0.478 e. The molecule has 34 heavy (non-hydrogen) atoms. The molecule has 1 fully saturated rings. The number of nitrogens with zero attached hydrogens (tertiary/aromatic N) is 3. The number of halogens is 1. The molecule has 1 aromatic heterocycles. The van der Waals surface area contributed by atoms with E-state index in [1.54, 1.807) is 38.1 Å². The number of hydrogen-bond acceptors (Lipinski definition) is 6. The van der Waals surface area contributed by atoms with Crippen LogP contribution < -0.4 is 20.3 Å². The van der Waals surface area contributed by atoms with Gasteiger partial charge in [-0.25, -0.2) is 4.98 Å². The summed E-state index contributed by atoms with van der Waals surface area (Å²) in [6.07, 6.45) is 8.23. The molecule has 0 spiro atoms. The van der Waals surface area contributed by atoms with Gasteiger partial charge in [0.1, 0.15) is 11.6 Å². The van der Waals surface area contributed by atoms with Gasteiger partial charge in [-0.15, -0.1) is 0 Å². The molecule has 8 heteroatoms. The Morgan fingerprint density at radius 2 is 1.68 bits per heavy atom. The highest BCUT2D eigenvalue weighted by Crippen LogP contribution is 2.29. The van der Waals surface area contributed by atoms with Gasteiger partial charge in [0.25, 0.3) is 5.91 Å². The number of carbonyl (C=O) groups is 1. The van der Waals surface area contributed by atoms with E-state index in [9.17, 15) is 4.79 Å². The summed E-state index contributed by atoms with van der Waals surface area (Å²) in [6.45, 7) is 3.58. The maximum Gasteiger partial charge on any atom is 0.263 e. The van der Waals surface area contributed by atoms with Gasteiger partial charge in [-0.1, -0.05) is 11.6 Å². The number of ether oxygens (including phenoxy) is 1. The summed E-state index contributed by atoms with van der Waals surface area (Å²) in [6, 6.07) is 7.51. The maximum absolute atomic E-state index is 12.9. The van der Waals surface area contributed by atoms with Crippen molar-refractivity contribution in [1.29, 1.82) is 0 Å². The first-order valence-electron chi connectivity index (χ1n) is 12.3. The fourth-order valence-corrected chi connectivity index (χ4v) is 4.90. The highest BCUT2D eigenvalue weighted by molar-refractivity contribution is 6.30. The van der Waals surface area contributed by atoms with E-state index in [1.807, 2.05) is 14.1 Å². The molecule has 7 nitrogen and oxygen atoms in total. The second kappa shape index (κ2) is 10.4. The van der Waals surface area contributed by atoms with Crippen molar-refractivity contribution >= 4 is 29.3 Å². The Hall–Kier alpha value is -2.54. The standard InChI is InChI=1S/C26H36ClN5O2/c1-26(2,34-20-15-9-17(27)10-16-20)24(33)28-18-11-13-19(14-12-18)29-25-30-22-8-6-5-7-21(22)23(31-25)32(3)4/h9-10,15-16,18-19H,5-8,11-14H2,1-4H3,(H,28,33)(H,29,30,31)/t18-,19+. The Morgan fingerprint density at radius 1 is 1.03 bits per heavy atom. The molecule has 1 amide bonds. The lowest BCUT2D eigenvalue weighted by atomic mass is 9.90. The second-order valence-electron chi connectivity index (χ2n) is 10.1. The van der Waals surface area contributed by atoms with E-state index in [2.05, 4.69) is 15.5 Å². The van der Waals surface area contributed by atoms with Crippen LogP contribution in [0.1, 0.15) is 63.6 Å². The zero-order valence-electron chi connectivity index (χ0n) is 20.7. The highest BCUT2D eigenvalue weighted by atomic mass is 35.5. The number of benzene rings is 1. The van der Waals surface area contributed by atoms with E-state index in [0.717, 1.165) is 50.3 Å². The van der Waals surface area contributed by atoms with E-state index in [-0.39, 0.29) is 11.9 Å². The Bertz CT molecular complexity index is 1000. The molecule has 2 aliphatic rings. The molecule has 184 valence electrons. The van der Waals surface area contributed by atoms with Crippen molar-refractivity contribution in [2.45, 2.75) is 82.9 Å². The van der Waals surface area contributed by atoms with Crippen LogP contribution >= 0.6 is 11.6 Å². The van der Waals surface area contributed by atoms with Crippen LogP contribution in [0.15, 0.2) is 24.3 Å². The lowest BCUT2D eigenvalue weighted by Gasteiger charge is -2.33. The number of hydrogen-bond donors (Lipinski definition) is 2. The van der Waals surface area contributed by atoms with Crippen LogP contribution in [0.5, 0.6) is 5.75 Å². The van der Waals surface area contributed by atoms with Crippen LogP contribution in [-0.2, 0) is 17.6 Å². The topological polar surface area (TPSA) is 79.4 Å². The van der Waals surface area contributed by atoms with Gasteiger partial charge in [-0.3, -0.25) is 4.79 Å². The summed E-state index contributed by atoms with van der Waals surface area (Å²) in [5.74, 6) is 2.29. The summed E-state index contributed by atoms with van der Waals surface area (Å²) in [5.41, 5.74) is 1.52. The second-order valence-corrected chi connectivity index (χ2v) is 10.6. The van der Waals surface area contributed by atoms with Gasteiger partial charge in [0.15, 0.2) is 5.60 Å². The minimum absolute atomic E-state index is 0.104. The Morgan fingerprint density at radius 3 is 2.35 bits per heavy atom. The van der Waals surface area contributed by atoms with Gasteiger partial charge in [0.05, 0.1) is 5.69 Å². The molecule has 2 aliphatic carbocycles. The van der Waals surface area contributed by atoms with E-state index >= 15 is 0 Å². The summed E-state index contributed by atoms with van der Waals surface area (Å²) in [5, 5.41) is 7.39. The molecule has 2 N–H and O–H groups in total. The molecule has 0 unspecified atom stereocenters. The quantitative estimate of drug-likeness (QED) is 0.588. The van der Waals surface area contributed by atoms with Crippen molar-refractivity contribution in [3.8, 4) is 5.75 Å². The number of fused-ring (bicyclic) bond motifs is 1. The third kappa shape index (κ3) is 5.93. The van der Waals surface area contributed by atoms with Crippen molar-refractivity contribution in [3.05, 3.63) is 40.5 Å². The van der Waals surface area contributed by atoms with E-state index < -0.39 is 5.60 Å². The van der Waals surface area contributed by atoms with Gasteiger partial charge < -0.3 is 20.3 Å². The number of aromatic nitrogens is 2. The summed E-state index contributed by atoms with van der Waals surface area (Å²) < 4.78 is 5.93. The molecular weight excluding hydrogens is 450 g/mol. The van der Waals surface area contributed by atoms with Gasteiger partial charge in [-0.05, 0) is 89.5 Å². The number of nitrogens with one attached hydrogen (secondary N) is 2. The fraction of sp³-hybridized carbons (Fsp3) is 0.577. The molecular formula is C26H36ClN5O2. The molecule has 1 heterocycles. The van der Waals surface area contributed by atoms with Crippen LogP contribution in [0.3, 0.4) is 0 Å². The van der Waals surface area contributed by atoms with E-state index in [4.69, 9.17) is 26.3 Å². The molecule has 0 aliphatic heterocycles. The molecule has 4 rings (SSSR count). The molecule has 0 radical (unpaired) electrons. The molecule has 0 saturated heterocycles. The SMILES string of the molecule is CN(C)c1nc(N[C@H]2CC[C@@H](NC(=O)C(C)(C)Oc3ccc(Cl)cc3)CC2)nc2c1CCCC2. The lowest BCUT2D eigenvalue weighted by molar-refractivity contribution is -0.135. The number of aryl methyl sites for hydroxylation is 1. The third-order valence-electron chi connectivity index (χ3n) is 6.71. The zero-order chi connectivity index (χ0) is 24.3. The first kappa shape index (κ1) is 24.6. The maximum atomic E-state index is 12.9. The van der Waals surface area contributed by atoms with Crippen molar-refractivity contribution < 1.29 is 9.53 Å². The van der Waals surface area contributed by atoms with E-state index in [1.165, 1.54) is 24.1 Å². The molecule has 0 atom stereocenters. The molecule has 2 aromatic rings. The van der Waals surface area contributed by atoms with Crippen LogP contribution in [0, 0.1) is 0 Å². The Balaban J connectivity index is 1.31. The first-order chi connectivity index (χ1) is 16.2. The summed E-state index contributed by atoms with van der Waals surface area (Å²) >= 11 is 5.94. The van der Waals surface area contributed by atoms with Crippen LogP contribution in [0.25, 0.3) is 0 Å². The monoisotopic (exact) mass is 485 g/mol. The van der Waals surface area contributed by atoms with Gasteiger partial charge in [0.2, 0.25) is 5.95 Å². The smallest absolute Gasteiger partial charge is 0.263 e. The van der Waals surface area contributed by atoms with Crippen molar-refractivity contribution in [3.63, 3.8) is 0 Å². The highest BCUT2D eigenvalue weighted by Gasteiger charge is 2.33. The van der Waals surface area contributed by atoms with Crippen molar-refractivity contribution in [2.75, 3.05) is 24.3 Å². The average molecular weight is 486 g/mol. The average Bonchev–Trinajstić information content (AvgIpc) is 2.81. The predicted molar refractivity (Wildman–Crippen MR) is 137 cm³/mol. The Kier molecular flexibility index (Phi) is 7.51. The van der Waals surface area contributed by atoms with Gasteiger partial charge in [0, 0.05) is 36.8 Å². The Labute approximate surface area is 207 Å². The molecule has 1 saturated carbocycles. The zero-order valence-corrected chi connectivity index (χ0v) is 21.4. The minimum Gasteiger partial charge on any atom is -0.478 e. The van der Waals surface area contributed by atoms with Gasteiger partial charge >= 0.3 is 0 Å². The normalized spacial score (nSPS) is 20.3. The molecule has 0 bridgehead atoms. The fourth-order valence-electron chi connectivity index (χ4n) is 4.78. The number of amides is 1. The lowest BCUT2D eigenvalue weighted by Crippen LogP contribution is -2.51. The van der Waals surface area contributed by atoms with Crippen molar-refractivity contribution in [2.24, 2.45) is 0 Å². The van der Waals surface area contributed by atoms with E-state index in [0.29, 0.717) is 16.8 Å². The van der Waals surface area contributed by atoms with Crippen molar-refractivity contribution in [1.82, 2.24) is 15.3 Å². The number of anilines is 2. The van der Waals surface area contributed by atoms with Crippen LogP contribution in [0.4, 0.5) is 11.8 Å². The predicted octanol–water partition coefficient (Wildman–Crippen LogP) is 4.77. The van der Waals surface area contributed by atoms with Crippen LogP contribution in [-0.4, -0.2) is 47.7 Å². The molecule has 1 aromatic carbocycles. The number of rotatable bonds is 7. The van der Waals surface area contributed by atoms with Crippen LogP contribution in [0.2, 0.25) is 5.02 Å². The number of carbonyl (C=O) groups excluding carboxylic acids is 1. The third-order valence-corrected chi connectivity index (χ3v) is 6.97.